The van der Waals surface area contributed by atoms with Gasteiger partial charge in [0.05, 0.1) is 27.8 Å². The summed E-state index contributed by atoms with van der Waals surface area (Å²) < 4.78 is 19.2. The Morgan fingerprint density at radius 1 is 1.36 bits per heavy atom. The third kappa shape index (κ3) is 4.00. The first-order chi connectivity index (χ1) is 13.6. The van der Waals surface area contributed by atoms with Crippen LogP contribution in [0.1, 0.15) is 27.9 Å². The van der Waals surface area contributed by atoms with Gasteiger partial charge in [-0.15, -0.1) is 11.3 Å². The number of carbonyl (C=O) groups excluding carboxylic acids is 1. The quantitative estimate of drug-likeness (QED) is 0.573. The van der Waals surface area contributed by atoms with E-state index in [1.165, 1.54) is 11.3 Å². The number of ether oxygens (including phenoxy) is 3. The molecule has 0 unspecified atom stereocenters. The molecule has 3 aromatic rings. The van der Waals surface area contributed by atoms with Gasteiger partial charge in [0.1, 0.15) is 12.4 Å². The number of nitrogens with one attached hydrogen (secondary N) is 1. The zero-order valence-electron chi connectivity index (χ0n) is 15.1. The first-order valence-electron chi connectivity index (χ1n) is 8.72. The highest BCUT2D eigenvalue weighted by molar-refractivity contribution is 9.10. The summed E-state index contributed by atoms with van der Waals surface area (Å²) in [6.07, 6.45) is 1.74. The lowest BCUT2D eigenvalue weighted by atomic mass is 10.3. The second-order valence-corrected chi connectivity index (χ2v) is 7.83. The van der Waals surface area contributed by atoms with Gasteiger partial charge in [-0.05, 0) is 46.4 Å². The summed E-state index contributed by atoms with van der Waals surface area (Å²) >= 11 is 4.86. The standard InChI is InChI=1S/C19H18BrN3O4S/c1-2-23-15(14(20)7-22-23)8-21-19(24)18-5-12(10-28-18)9-25-13-3-4-16-17(6-13)27-11-26-16/h3-7,10H,2,8-9,11H2,1H3,(H,21,24). The summed E-state index contributed by atoms with van der Waals surface area (Å²) in [4.78, 5) is 13.1. The van der Waals surface area contributed by atoms with Crippen LogP contribution in [0.2, 0.25) is 0 Å². The minimum absolute atomic E-state index is 0.116. The molecular formula is C19H18BrN3O4S. The van der Waals surface area contributed by atoms with Crippen molar-refractivity contribution in [2.24, 2.45) is 0 Å². The zero-order chi connectivity index (χ0) is 19.5. The van der Waals surface area contributed by atoms with Crippen molar-refractivity contribution >= 4 is 33.2 Å². The Hall–Kier alpha value is -2.52. The lowest BCUT2D eigenvalue weighted by Crippen LogP contribution is -2.23. The van der Waals surface area contributed by atoms with Crippen LogP contribution in [0.5, 0.6) is 17.2 Å². The summed E-state index contributed by atoms with van der Waals surface area (Å²) in [5, 5.41) is 9.12. The van der Waals surface area contributed by atoms with Crippen LogP contribution in [-0.2, 0) is 19.7 Å². The van der Waals surface area contributed by atoms with Gasteiger partial charge in [0.25, 0.3) is 5.91 Å². The van der Waals surface area contributed by atoms with Gasteiger partial charge in [0.15, 0.2) is 11.5 Å². The molecule has 0 saturated heterocycles. The smallest absolute Gasteiger partial charge is 0.261 e. The van der Waals surface area contributed by atoms with Gasteiger partial charge in [0, 0.05) is 18.2 Å². The van der Waals surface area contributed by atoms with E-state index >= 15 is 0 Å². The molecule has 1 N–H and O–H groups in total. The Balaban J connectivity index is 1.33. The largest absolute Gasteiger partial charge is 0.489 e. The van der Waals surface area contributed by atoms with E-state index in [4.69, 9.17) is 14.2 Å². The molecule has 1 aliphatic rings. The molecule has 1 aromatic carbocycles. The molecule has 2 aromatic heterocycles. The van der Waals surface area contributed by atoms with E-state index in [9.17, 15) is 4.79 Å². The van der Waals surface area contributed by atoms with Crippen molar-refractivity contribution in [3.8, 4) is 17.2 Å². The van der Waals surface area contributed by atoms with Crippen molar-refractivity contribution in [1.29, 1.82) is 0 Å². The molecule has 0 fully saturated rings. The van der Waals surface area contributed by atoms with Crippen LogP contribution < -0.4 is 19.5 Å². The zero-order valence-corrected chi connectivity index (χ0v) is 17.5. The Kier molecular flexibility index (Phi) is 5.54. The van der Waals surface area contributed by atoms with Gasteiger partial charge in [0.2, 0.25) is 6.79 Å². The van der Waals surface area contributed by atoms with Crippen molar-refractivity contribution in [1.82, 2.24) is 15.1 Å². The van der Waals surface area contributed by atoms with Crippen molar-refractivity contribution in [2.45, 2.75) is 26.6 Å². The first kappa shape index (κ1) is 18.8. The van der Waals surface area contributed by atoms with Crippen molar-refractivity contribution < 1.29 is 19.0 Å². The van der Waals surface area contributed by atoms with Gasteiger partial charge in [-0.25, -0.2) is 0 Å². The monoisotopic (exact) mass is 463 g/mol. The SMILES string of the molecule is CCn1ncc(Br)c1CNC(=O)c1cc(COc2ccc3c(c2)OCO3)cs1. The average molecular weight is 464 g/mol. The minimum atomic E-state index is -0.116. The van der Waals surface area contributed by atoms with Crippen molar-refractivity contribution in [3.05, 3.63) is 56.4 Å². The van der Waals surface area contributed by atoms with Gasteiger partial charge in [-0.3, -0.25) is 9.48 Å². The van der Waals surface area contributed by atoms with Gasteiger partial charge in [-0.1, -0.05) is 0 Å². The number of fused-ring (bicyclic) bond motifs is 1. The molecule has 0 aliphatic carbocycles. The highest BCUT2D eigenvalue weighted by Crippen LogP contribution is 2.35. The number of rotatable bonds is 7. The molecule has 9 heteroatoms. The number of amides is 1. The van der Waals surface area contributed by atoms with Crippen LogP contribution in [0.4, 0.5) is 0 Å². The lowest BCUT2D eigenvalue weighted by molar-refractivity contribution is 0.0953. The minimum Gasteiger partial charge on any atom is -0.489 e. The number of nitrogens with zero attached hydrogens (tertiary/aromatic N) is 2. The predicted octanol–water partition coefficient (Wildman–Crippen LogP) is 3.96. The maximum atomic E-state index is 12.4. The highest BCUT2D eigenvalue weighted by atomic mass is 79.9. The summed E-state index contributed by atoms with van der Waals surface area (Å²) in [6.45, 7) is 3.77. The Morgan fingerprint density at radius 2 is 2.21 bits per heavy atom. The highest BCUT2D eigenvalue weighted by Gasteiger charge is 2.15. The van der Waals surface area contributed by atoms with Crippen LogP contribution in [0.15, 0.2) is 40.3 Å². The van der Waals surface area contributed by atoms with Crippen LogP contribution in [0, 0.1) is 0 Å². The number of carbonyl (C=O) groups is 1. The van der Waals surface area contributed by atoms with Crippen LogP contribution in [0.25, 0.3) is 0 Å². The molecule has 3 heterocycles. The Labute approximate surface area is 174 Å². The third-order valence-electron chi connectivity index (χ3n) is 4.24. The number of benzene rings is 1. The van der Waals surface area contributed by atoms with E-state index in [1.807, 2.05) is 35.2 Å². The second-order valence-electron chi connectivity index (χ2n) is 6.06. The van der Waals surface area contributed by atoms with Gasteiger partial charge >= 0.3 is 0 Å². The molecule has 0 saturated carbocycles. The molecule has 0 radical (unpaired) electrons. The summed E-state index contributed by atoms with van der Waals surface area (Å²) in [7, 11) is 0. The Bertz CT molecular complexity index is 1000. The maximum absolute atomic E-state index is 12.4. The number of halogens is 1. The van der Waals surface area contributed by atoms with Gasteiger partial charge in [-0.2, -0.15) is 5.10 Å². The van der Waals surface area contributed by atoms with Crippen molar-refractivity contribution in [3.63, 3.8) is 0 Å². The van der Waals surface area contributed by atoms with E-state index in [0.29, 0.717) is 29.5 Å². The first-order valence-corrected chi connectivity index (χ1v) is 10.4. The normalized spacial score (nSPS) is 12.2. The fourth-order valence-electron chi connectivity index (χ4n) is 2.79. The molecule has 0 spiro atoms. The van der Waals surface area contributed by atoms with E-state index in [-0.39, 0.29) is 12.7 Å². The molecule has 0 atom stereocenters. The number of aromatic nitrogens is 2. The number of hydrogen-bond donors (Lipinski definition) is 1. The molecule has 28 heavy (non-hydrogen) atoms. The fraction of sp³-hybridized carbons (Fsp3) is 0.263. The number of aryl methyl sites for hydroxylation is 1. The van der Waals surface area contributed by atoms with Crippen LogP contribution in [-0.4, -0.2) is 22.5 Å². The average Bonchev–Trinajstić information content (AvgIpc) is 3.43. The third-order valence-corrected chi connectivity index (χ3v) is 5.88. The second kappa shape index (κ2) is 8.24. The van der Waals surface area contributed by atoms with Crippen molar-refractivity contribution in [2.75, 3.05) is 6.79 Å². The van der Waals surface area contributed by atoms with E-state index in [2.05, 4.69) is 26.3 Å². The molecule has 4 rings (SSSR count). The van der Waals surface area contributed by atoms with E-state index in [1.54, 1.807) is 12.3 Å². The van der Waals surface area contributed by atoms with Gasteiger partial charge < -0.3 is 19.5 Å². The molecule has 0 bridgehead atoms. The van der Waals surface area contributed by atoms with Crippen LogP contribution >= 0.6 is 27.3 Å². The summed E-state index contributed by atoms with van der Waals surface area (Å²) in [6, 6.07) is 7.31. The number of thiophene rings is 1. The maximum Gasteiger partial charge on any atom is 0.261 e. The molecule has 146 valence electrons. The molecule has 1 aliphatic heterocycles. The topological polar surface area (TPSA) is 74.6 Å². The summed E-state index contributed by atoms with van der Waals surface area (Å²) in [5.74, 6) is 1.98. The Morgan fingerprint density at radius 3 is 3.07 bits per heavy atom. The molecular weight excluding hydrogens is 446 g/mol. The summed E-state index contributed by atoms with van der Waals surface area (Å²) in [5.41, 5.74) is 1.88. The fourth-order valence-corrected chi connectivity index (χ4v) is 4.04. The molecule has 1 amide bonds. The van der Waals surface area contributed by atoms with E-state index < -0.39 is 0 Å². The molecule has 7 nitrogen and oxygen atoms in total. The predicted molar refractivity (Wildman–Crippen MR) is 108 cm³/mol. The van der Waals surface area contributed by atoms with E-state index in [0.717, 1.165) is 28.0 Å². The van der Waals surface area contributed by atoms with Crippen LogP contribution in [0.3, 0.4) is 0 Å². The lowest BCUT2D eigenvalue weighted by Gasteiger charge is -2.07. The number of hydrogen-bond acceptors (Lipinski definition) is 6.